The number of hydrogen-bond acceptors (Lipinski definition) is 7. The third-order valence-electron chi connectivity index (χ3n) is 7.10. The largest absolute Gasteiger partial charge is 0.418 e. The average molecular weight is 562 g/mol. The van der Waals surface area contributed by atoms with Gasteiger partial charge in [0.1, 0.15) is 0 Å². The molecule has 0 radical (unpaired) electrons. The Hall–Kier alpha value is -4.51. The molecular weight excluding hydrogens is 531 g/mol. The predicted octanol–water partition coefficient (Wildman–Crippen LogP) is 6.00. The molecule has 0 spiro atoms. The fraction of sp³-hybridized carbons (Fsp3) is 0.267. The molecule has 1 amide bonds. The van der Waals surface area contributed by atoms with Crippen LogP contribution in [0.15, 0.2) is 73.2 Å². The van der Waals surface area contributed by atoms with Crippen LogP contribution in [0.3, 0.4) is 0 Å². The highest BCUT2D eigenvalue weighted by Crippen LogP contribution is 2.38. The van der Waals surface area contributed by atoms with Gasteiger partial charge in [-0.3, -0.25) is 9.78 Å². The van der Waals surface area contributed by atoms with Gasteiger partial charge in [0.2, 0.25) is 5.95 Å². The molecule has 0 saturated carbocycles. The summed E-state index contributed by atoms with van der Waals surface area (Å²) >= 11 is 0. The van der Waals surface area contributed by atoms with E-state index >= 15 is 0 Å². The lowest BCUT2D eigenvalue weighted by atomic mass is 10.1. The molecule has 5 rings (SSSR count). The Morgan fingerprint density at radius 2 is 1.78 bits per heavy atom. The number of pyridine rings is 1. The summed E-state index contributed by atoms with van der Waals surface area (Å²) in [6.45, 7) is 7.69. The second-order valence-corrected chi connectivity index (χ2v) is 9.76. The molecule has 11 heteroatoms. The summed E-state index contributed by atoms with van der Waals surface area (Å²) in [4.78, 5) is 30.2. The van der Waals surface area contributed by atoms with Crippen molar-refractivity contribution in [3.8, 4) is 11.3 Å². The summed E-state index contributed by atoms with van der Waals surface area (Å²) in [6, 6.07) is 14.4. The Kier molecular flexibility index (Phi) is 8.16. The third kappa shape index (κ3) is 6.63. The van der Waals surface area contributed by atoms with Crippen LogP contribution in [0.2, 0.25) is 0 Å². The summed E-state index contributed by atoms with van der Waals surface area (Å²) in [6.07, 6.45) is 0.330. The number of rotatable bonds is 7. The molecular formula is C30H30F3N7O. The summed E-state index contributed by atoms with van der Waals surface area (Å²) in [5, 5.41) is 5.59. The molecule has 41 heavy (non-hydrogen) atoms. The molecule has 2 aromatic heterocycles. The SMILES string of the molecule is CCN1CCN(c2ccc(NC(=O)c3ccc(C)c(Nc4nccc(-c5cccnc5)n4)c3)c(C(F)(F)F)c2)CC1. The van der Waals surface area contributed by atoms with Crippen molar-refractivity contribution in [1.82, 2.24) is 19.9 Å². The van der Waals surface area contributed by atoms with Crippen molar-refractivity contribution < 1.29 is 18.0 Å². The molecule has 0 bridgehead atoms. The van der Waals surface area contributed by atoms with Crippen LogP contribution in [0.1, 0.15) is 28.4 Å². The number of piperazine rings is 1. The van der Waals surface area contributed by atoms with Crippen LogP contribution in [0.25, 0.3) is 11.3 Å². The van der Waals surface area contributed by atoms with E-state index in [1.165, 1.54) is 6.07 Å². The number of benzene rings is 2. The van der Waals surface area contributed by atoms with Crippen LogP contribution in [0.4, 0.5) is 36.2 Å². The van der Waals surface area contributed by atoms with Crippen LogP contribution < -0.4 is 15.5 Å². The number of alkyl halides is 3. The monoisotopic (exact) mass is 561 g/mol. The molecule has 1 aliphatic heterocycles. The van der Waals surface area contributed by atoms with Crippen molar-refractivity contribution in [2.75, 3.05) is 48.3 Å². The van der Waals surface area contributed by atoms with E-state index in [1.54, 1.807) is 48.9 Å². The maximum atomic E-state index is 14.1. The van der Waals surface area contributed by atoms with Crippen LogP contribution in [0.5, 0.6) is 0 Å². The van der Waals surface area contributed by atoms with E-state index in [2.05, 4.69) is 37.4 Å². The first-order valence-electron chi connectivity index (χ1n) is 13.3. The zero-order chi connectivity index (χ0) is 29.0. The van der Waals surface area contributed by atoms with Crippen LogP contribution >= 0.6 is 0 Å². The Balaban J connectivity index is 1.35. The van der Waals surface area contributed by atoms with E-state index in [4.69, 9.17) is 0 Å². The highest BCUT2D eigenvalue weighted by molar-refractivity contribution is 6.05. The van der Waals surface area contributed by atoms with E-state index < -0.39 is 17.6 Å². The van der Waals surface area contributed by atoms with E-state index in [1.807, 2.05) is 24.0 Å². The number of halogens is 3. The van der Waals surface area contributed by atoms with Crippen molar-refractivity contribution >= 4 is 28.9 Å². The smallest absolute Gasteiger partial charge is 0.369 e. The van der Waals surface area contributed by atoms with Crippen molar-refractivity contribution in [2.45, 2.75) is 20.0 Å². The number of nitrogens with one attached hydrogen (secondary N) is 2. The number of carbonyl (C=O) groups is 1. The summed E-state index contributed by atoms with van der Waals surface area (Å²) < 4.78 is 42.2. The van der Waals surface area contributed by atoms with Crippen molar-refractivity contribution in [1.29, 1.82) is 0 Å². The first-order valence-corrected chi connectivity index (χ1v) is 13.3. The quantitative estimate of drug-likeness (QED) is 0.286. The normalized spacial score (nSPS) is 14.1. The molecule has 0 unspecified atom stereocenters. The summed E-state index contributed by atoms with van der Waals surface area (Å²) in [5.41, 5.74) is 2.35. The molecule has 0 aliphatic carbocycles. The van der Waals surface area contributed by atoms with Crippen LogP contribution in [0, 0.1) is 6.92 Å². The molecule has 3 heterocycles. The Morgan fingerprint density at radius 3 is 2.49 bits per heavy atom. The highest BCUT2D eigenvalue weighted by Gasteiger charge is 2.35. The van der Waals surface area contributed by atoms with Crippen molar-refractivity contribution in [2.24, 2.45) is 0 Å². The van der Waals surface area contributed by atoms with E-state index in [0.29, 0.717) is 36.1 Å². The van der Waals surface area contributed by atoms with E-state index in [9.17, 15) is 18.0 Å². The second-order valence-electron chi connectivity index (χ2n) is 9.76. The number of carbonyl (C=O) groups excluding carboxylic acids is 1. The number of amides is 1. The average Bonchev–Trinajstić information content (AvgIpc) is 2.98. The zero-order valence-electron chi connectivity index (χ0n) is 22.7. The minimum Gasteiger partial charge on any atom is -0.369 e. The van der Waals surface area contributed by atoms with Gasteiger partial charge in [-0.15, -0.1) is 0 Å². The second kappa shape index (κ2) is 11.9. The van der Waals surface area contributed by atoms with Gasteiger partial charge in [-0.25, -0.2) is 9.97 Å². The standard InChI is InChI=1S/C30H30F3N7O/c1-3-39-13-15-40(16-14-39)23-8-9-26(24(18-23)30(31,32)33)36-28(41)21-7-6-20(2)27(17-21)38-29-35-12-10-25(37-29)22-5-4-11-34-19-22/h4-12,17-19H,3,13-16H2,1-2H3,(H,36,41)(H,35,37,38). The van der Waals surface area contributed by atoms with Crippen LogP contribution in [-0.4, -0.2) is 58.5 Å². The number of aryl methyl sites for hydroxylation is 1. The predicted molar refractivity (Wildman–Crippen MR) is 153 cm³/mol. The first kappa shape index (κ1) is 28.0. The topological polar surface area (TPSA) is 86.3 Å². The zero-order valence-corrected chi connectivity index (χ0v) is 22.7. The van der Waals surface area contributed by atoms with Gasteiger partial charge in [-0.1, -0.05) is 13.0 Å². The van der Waals surface area contributed by atoms with Gasteiger partial charge in [0.15, 0.2) is 0 Å². The molecule has 1 fully saturated rings. The molecule has 0 atom stereocenters. The maximum absolute atomic E-state index is 14.1. The Labute approximate surface area is 236 Å². The van der Waals surface area contributed by atoms with Crippen molar-refractivity contribution in [3.63, 3.8) is 0 Å². The molecule has 2 N–H and O–H groups in total. The van der Waals surface area contributed by atoms with Gasteiger partial charge in [-0.2, -0.15) is 13.2 Å². The van der Waals surface area contributed by atoms with Gasteiger partial charge in [-0.05, 0) is 67.6 Å². The van der Waals surface area contributed by atoms with Crippen molar-refractivity contribution in [3.05, 3.63) is 89.9 Å². The number of anilines is 4. The van der Waals surface area contributed by atoms with Gasteiger partial charge in [0, 0.05) is 67.3 Å². The summed E-state index contributed by atoms with van der Waals surface area (Å²) in [7, 11) is 0. The number of aromatic nitrogens is 3. The molecule has 1 aliphatic rings. The fourth-order valence-electron chi connectivity index (χ4n) is 4.70. The van der Waals surface area contributed by atoms with Gasteiger partial charge in [0.25, 0.3) is 5.91 Å². The molecule has 1 saturated heterocycles. The van der Waals surface area contributed by atoms with Gasteiger partial charge >= 0.3 is 6.18 Å². The Morgan fingerprint density at radius 1 is 0.976 bits per heavy atom. The fourth-order valence-corrected chi connectivity index (χ4v) is 4.70. The maximum Gasteiger partial charge on any atom is 0.418 e. The Bertz CT molecular complexity index is 1520. The lowest BCUT2D eigenvalue weighted by molar-refractivity contribution is -0.136. The van der Waals surface area contributed by atoms with E-state index in [-0.39, 0.29) is 11.3 Å². The summed E-state index contributed by atoms with van der Waals surface area (Å²) in [5.74, 6) is -0.352. The molecule has 212 valence electrons. The van der Waals surface area contributed by atoms with Gasteiger partial charge < -0.3 is 20.4 Å². The number of nitrogens with zero attached hydrogens (tertiary/aromatic N) is 5. The van der Waals surface area contributed by atoms with Gasteiger partial charge in [0.05, 0.1) is 16.9 Å². The minimum atomic E-state index is -4.64. The number of hydrogen-bond donors (Lipinski definition) is 2. The molecule has 4 aromatic rings. The first-order chi connectivity index (χ1) is 19.7. The molecule has 2 aromatic carbocycles. The highest BCUT2D eigenvalue weighted by atomic mass is 19.4. The molecule has 8 nitrogen and oxygen atoms in total. The lowest BCUT2D eigenvalue weighted by Gasteiger charge is -2.36. The van der Waals surface area contributed by atoms with Crippen LogP contribution in [-0.2, 0) is 6.18 Å². The number of likely N-dealkylation sites (N-methyl/N-ethyl adjacent to an activating group) is 1. The minimum absolute atomic E-state index is 0.189. The third-order valence-corrected chi connectivity index (χ3v) is 7.10. The lowest BCUT2D eigenvalue weighted by Crippen LogP contribution is -2.46. The van der Waals surface area contributed by atoms with E-state index in [0.717, 1.165) is 36.8 Å².